The van der Waals surface area contributed by atoms with Gasteiger partial charge in [-0.1, -0.05) is 13.3 Å². The van der Waals surface area contributed by atoms with Crippen molar-refractivity contribution in [2.45, 2.75) is 38.6 Å². The van der Waals surface area contributed by atoms with E-state index in [0.29, 0.717) is 5.95 Å². The maximum absolute atomic E-state index is 13.1. The van der Waals surface area contributed by atoms with Crippen molar-refractivity contribution >= 4 is 17.5 Å². The second kappa shape index (κ2) is 7.57. The van der Waals surface area contributed by atoms with Crippen LogP contribution in [0.5, 0.6) is 0 Å². The Balaban J connectivity index is 1.89. The Labute approximate surface area is 141 Å². The lowest BCUT2D eigenvalue weighted by atomic mass is 10.2. The summed E-state index contributed by atoms with van der Waals surface area (Å²) in [6, 6.07) is 8.26. The average molecular weight is 330 g/mol. The van der Waals surface area contributed by atoms with Crippen LogP contribution in [0.15, 0.2) is 30.3 Å². The fourth-order valence-corrected chi connectivity index (χ4v) is 3.06. The monoisotopic (exact) mass is 330 g/mol. The van der Waals surface area contributed by atoms with Gasteiger partial charge in [-0.3, -0.25) is 0 Å². The molecule has 1 atom stereocenters. The molecule has 2 N–H and O–H groups in total. The molecule has 1 aliphatic rings. The van der Waals surface area contributed by atoms with E-state index in [0.717, 1.165) is 49.4 Å². The zero-order valence-electron chi connectivity index (χ0n) is 13.9. The Morgan fingerprint density at radius 2 is 2.08 bits per heavy atom. The van der Waals surface area contributed by atoms with Crippen LogP contribution in [-0.4, -0.2) is 34.3 Å². The molecular formula is C18H23FN4O. The molecular weight excluding hydrogens is 307 g/mol. The predicted octanol–water partition coefficient (Wildman–Crippen LogP) is 3.27. The lowest BCUT2D eigenvalue weighted by molar-refractivity contribution is 0.266. The third kappa shape index (κ3) is 3.82. The van der Waals surface area contributed by atoms with Gasteiger partial charge < -0.3 is 15.3 Å². The summed E-state index contributed by atoms with van der Waals surface area (Å²) in [5, 5.41) is 12.7. The lowest BCUT2D eigenvalue weighted by Gasteiger charge is -2.25. The molecule has 0 radical (unpaired) electrons. The van der Waals surface area contributed by atoms with Crippen LogP contribution in [0.3, 0.4) is 0 Å². The number of aryl methyl sites for hydroxylation is 1. The molecule has 1 aromatic carbocycles. The van der Waals surface area contributed by atoms with Crippen molar-refractivity contribution in [1.29, 1.82) is 0 Å². The van der Waals surface area contributed by atoms with E-state index in [1.54, 1.807) is 12.1 Å². The average Bonchev–Trinajstić information content (AvgIpc) is 3.06. The molecule has 0 spiro atoms. The van der Waals surface area contributed by atoms with Gasteiger partial charge in [-0.05, 0) is 43.5 Å². The molecule has 24 heavy (non-hydrogen) atoms. The van der Waals surface area contributed by atoms with Crippen molar-refractivity contribution < 1.29 is 9.50 Å². The van der Waals surface area contributed by atoms with E-state index in [9.17, 15) is 9.50 Å². The molecule has 6 heteroatoms. The number of anilines is 3. The first-order chi connectivity index (χ1) is 11.7. The Kier molecular flexibility index (Phi) is 5.25. The highest BCUT2D eigenvalue weighted by atomic mass is 19.1. The van der Waals surface area contributed by atoms with Crippen LogP contribution in [0.4, 0.5) is 21.8 Å². The van der Waals surface area contributed by atoms with Crippen molar-refractivity contribution in [2.75, 3.05) is 23.4 Å². The summed E-state index contributed by atoms with van der Waals surface area (Å²) < 4.78 is 13.1. The number of benzene rings is 1. The number of hydrogen-bond acceptors (Lipinski definition) is 5. The SMILES string of the molecule is CCCc1cc(N2CCC[C@@H]2CO)nc(Nc2ccc(F)cc2)n1. The largest absolute Gasteiger partial charge is 0.394 e. The maximum atomic E-state index is 13.1. The molecule has 0 unspecified atom stereocenters. The predicted molar refractivity (Wildman–Crippen MR) is 93.2 cm³/mol. The van der Waals surface area contributed by atoms with Crippen LogP contribution in [0.1, 0.15) is 31.9 Å². The van der Waals surface area contributed by atoms with Crippen molar-refractivity contribution in [2.24, 2.45) is 0 Å². The summed E-state index contributed by atoms with van der Waals surface area (Å²) in [6.07, 6.45) is 3.89. The molecule has 1 aliphatic heterocycles. The van der Waals surface area contributed by atoms with Crippen LogP contribution < -0.4 is 10.2 Å². The molecule has 0 aliphatic carbocycles. The summed E-state index contributed by atoms with van der Waals surface area (Å²) in [4.78, 5) is 11.3. The number of aliphatic hydroxyl groups is 1. The molecule has 1 aromatic heterocycles. The summed E-state index contributed by atoms with van der Waals surface area (Å²) in [7, 11) is 0. The minimum Gasteiger partial charge on any atom is -0.394 e. The van der Waals surface area contributed by atoms with Crippen LogP contribution in [0, 0.1) is 5.82 Å². The zero-order chi connectivity index (χ0) is 16.9. The van der Waals surface area contributed by atoms with E-state index in [1.807, 2.05) is 6.07 Å². The molecule has 1 fully saturated rings. The zero-order valence-corrected chi connectivity index (χ0v) is 13.9. The van der Waals surface area contributed by atoms with Gasteiger partial charge in [0, 0.05) is 24.0 Å². The van der Waals surface area contributed by atoms with Crippen LogP contribution in [0.2, 0.25) is 0 Å². The minimum absolute atomic E-state index is 0.119. The summed E-state index contributed by atoms with van der Waals surface area (Å²) >= 11 is 0. The molecule has 3 rings (SSSR count). The summed E-state index contributed by atoms with van der Waals surface area (Å²) in [6.45, 7) is 3.14. The molecule has 1 saturated heterocycles. The first-order valence-corrected chi connectivity index (χ1v) is 8.47. The smallest absolute Gasteiger partial charge is 0.229 e. The maximum Gasteiger partial charge on any atom is 0.229 e. The standard InChI is InChI=1S/C18H23FN4O/c1-2-4-15-11-17(23-10-3-5-16(23)12-24)22-18(21-15)20-14-8-6-13(19)7-9-14/h6-9,11,16,24H,2-5,10,12H2,1H3,(H,20,21,22)/t16-/m1/s1. The number of nitrogens with zero attached hydrogens (tertiary/aromatic N) is 3. The molecule has 0 bridgehead atoms. The molecule has 128 valence electrons. The molecule has 2 aromatic rings. The quantitative estimate of drug-likeness (QED) is 0.851. The highest BCUT2D eigenvalue weighted by Gasteiger charge is 2.25. The van der Waals surface area contributed by atoms with E-state index in [2.05, 4.69) is 27.1 Å². The summed E-state index contributed by atoms with van der Waals surface area (Å²) in [5.41, 5.74) is 1.71. The Bertz CT molecular complexity index is 677. The minimum atomic E-state index is -0.273. The topological polar surface area (TPSA) is 61.3 Å². The molecule has 5 nitrogen and oxygen atoms in total. The first-order valence-electron chi connectivity index (χ1n) is 8.47. The number of rotatable bonds is 6. The lowest BCUT2D eigenvalue weighted by Crippen LogP contribution is -2.33. The van der Waals surface area contributed by atoms with Crippen molar-refractivity contribution in [3.63, 3.8) is 0 Å². The van der Waals surface area contributed by atoms with Crippen LogP contribution >= 0.6 is 0 Å². The van der Waals surface area contributed by atoms with Crippen molar-refractivity contribution in [1.82, 2.24) is 9.97 Å². The van der Waals surface area contributed by atoms with E-state index in [-0.39, 0.29) is 18.5 Å². The van der Waals surface area contributed by atoms with Crippen LogP contribution in [-0.2, 0) is 6.42 Å². The number of nitrogens with one attached hydrogen (secondary N) is 1. The Morgan fingerprint density at radius 1 is 1.29 bits per heavy atom. The van der Waals surface area contributed by atoms with Gasteiger partial charge in [0.1, 0.15) is 11.6 Å². The molecule has 2 heterocycles. The van der Waals surface area contributed by atoms with Crippen molar-refractivity contribution in [3.8, 4) is 0 Å². The van der Waals surface area contributed by atoms with Crippen LogP contribution in [0.25, 0.3) is 0 Å². The van der Waals surface area contributed by atoms with Crippen molar-refractivity contribution in [3.05, 3.63) is 41.8 Å². The highest BCUT2D eigenvalue weighted by Crippen LogP contribution is 2.26. The normalized spacial score (nSPS) is 17.3. The third-order valence-electron chi connectivity index (χ3n) is 4.25. The third-order valence-corrected chi connectivity index (χ3v) is 4.25. The summed E-state index contributed by atoms with van der Waals surface area (Å²) in [5.74, 6) is 1.07. The van der Waals surface area contributed by atoms with E-state index >= 15 is 0 Å². The first kappa shape index (κ1) is 16.6. The number of aromatic nitrogens is 2. The van der Waals surface area contributed by atoms with Gasteiger partial charge in [-0.15, -0.1) is 0 Å². The van der Waals surface area contributed by atoms with Gasteiger partial charge in [0.05, 0.1) is 12.6 Å². The molecule has 0 amide bonds. The second-order valence-electron chi connectivity index (χ2n) is 6.10. The van der Waals surface area contributed by atoms with E-state index in [1.165, 1.54) is 12.1 Å². The van der Waals surface area contributed by atoms with Gasteiger partial charge in [0.25, 0.3) is 0 Å². The van der Waals surface area contributed by atoms with Gasteiger partial charge in [-0.2, -0.15) is 4.98 Å². The molecule has 0 saturated carbocycles. The number of hydrogen-bond donors (Lipinski definition) is 2. The second-order valence-corrected chi connectivity index (χ2v) is 6.10. The van der Waals surface area contributed by atoms with Gasteiger partial charge in [0.2, 0.25) is 5.95 Å². The number of aliphatic hydroxyl groups excluding tert-OH is 1. The highest BCUT2D eigenvalue weighted by molar-refractivity contribution is 5.56. The number of halogens is 1. The van der Waals surface area contributed by atoms with E-state index < -0.39 is 0 Å². The van der Waals surface area contributed by atoms with Gasteiger partial charge in [0.15, 0.2) is 0 Å². The fourth-order valence-electron chi connectivity index (χ4n) is 3.06. The Hall–Kier alpha value is -2.21. The van der Waals surface area contributed by atoms with E-state index in [4.69, 9.17) is 0 Å². The Morgan fingerprint density at radius 3 is 2.79 bits per heavy atom. The van der Waals surface area contributed by atoms with Gasteiger partial charge >= 0.3 is 0 Å². The van der Waals surface area contributed by atoms with Gasteiger partial charge in [-0.25, -0.2) is 9.37 Å². The fraction of sp³-hybridized carbons (Fsp3) is 0.444.